The summed E-state index contributed by atoms with van der Waals surface area (Å²) >= 11 is 0. The van der Waals surface area contributed by atoms with Crippen molar-refractivity contribution in [1.29, 1.82) is 0 Å². The predicted molar refractivity (Wildman–Crippen MR) is 122 cm³/mol. The van der Waals surface area contributed by atoms with Crippen molar-refractivity contribution in [2.24, 2.45) is 0 Å². The number of amides is 1. The lowest BCUT2D eigenvalue weighted by Gasteiger charge is -2.16. The van der Waals surface area contributed by atoms with Crippen molar-refractivity contribution in [3.8, 4) is 0 Å². The summed E-state index contributed by atoms with van der Waals surface area (Å²) in [4.78, 5) is 17.3. The highest BCUT2D eigenvalue weighted by molar-refractivity contribution is 7.89. The molecule has 1 atom stereocenters. The van der Waals surface area contributed by atoms with Gasteiger partial charge in [-0.2, -0.15) is 0 Å². The van der Waals surface area contributed by atoms with Crippen molar-refractivity contribution in [3.05, 3.63) is 48.4 Å². The minimum absolute atomic E-state index is 0.113. The summed E-state index contributed by atoms with van der Waals surface area (Å²) in [6.07, 6.45) is 0. The van der Waals surface area contributed by atoms with Crippen molar-refractivity contribution in [3.63, 3.8) is 0 Å². The SMILES string of the molecule is CC(Nc1ccc2oc(C(C)(C)C)nc2c1)C(=O)Nc1cccc(S(=O)(=O)N(C)C)c1. The average Bonchev–Trinajstić information content (AvgIpc) is 3.12. The van der Waals surface area contributed by atoms with Crippen molar-refractivity contribution < 1.29 is 17.6 Å². The van der Waals surface area contributed by atoms with Gasteiger partial charge in [-0.15, -0.1) is 0 Å². The third-order valence-corrected chi connectivity index (χ3v) is 6.50. The molecule has 0 saturated carbocycles. The summed E-state index contributed by atoms with van der Waals surface area (Å²) in [6.45, 7) is 7.81. The number of aromatic nitrogens is 1. The first kappa shape index (κ1) is 22.8. The summed E-state index contributed by atoms with van der Waals surface area (Å²) in [5, 5.41) is 5.90. The molecule has 1 amide bonds. The molecule has 8 nitrogen and oxygen atoms in total. The molecule has 0 aliphatic heterocycles. The Labute approximate surface area is 182 Å². The van der Waals surface area contributed by atoms with Crippen LogP contribution in [0.5, 0.6) is 0 Å². The molecule has 2 aromatic carbocycles. The molecule has 31 heavy (non-hydrogen) atoms. The molecule has 9 heteroatoms. The van der Waals surface area contributed by atoms with E-state index in [1.807, 2.05) is 39.0 Å². The van der Waals surface area contributed by atoms with Crippen LogP contribution in [-0.4, -0.2) is 43.8 Å². The standard InChI is InChI=1S/C22H28N4O4S/c1-14(20(27)24-15-8-7-9-17(12-15)31(28,29)26(5)6)23-16-10-11-19-18(13-16)25-21(30-19)22(2,3)4/h7-14,23H,1-6H3,(H,24,27). The summed E-state index contributed by atoms with van der Waals surface area (Å²) in [7, 11) is -0.661. The summed E-state index contributed by atoms with van der Waals surface area (Å²) in [5.41, 5.74) is 2.33. The lowest BCUT2D eigenvalue weighted by Crippen LogP contribution is -2.32. The highest BCUT2D eigenvalue weighted by atomic mass is 32.2. The Morgan fingerprint density at radius 1 is 1.10 bits per heavy atom. The van der Waals surface area contributed by atoms with Crippen LogP contribution in [0.25, 0.3) is 11.1 Å². The van der Waals surface area contributed by atoms with Gasteiger partial charge in [-0.1, -0.05) is 26.8 Å². The van der Waals surface area contributed by atoms with Gasteiger partial charge in [0.25, 0.3) is 0 Å². The Bertz CT molecular complexity index is 1210. The maximum absolute atomic E-state index is 12.6. The lowest BCUT2D eigenvalue weighted by atomic mass is 9.97. The summed E-state index contributed by atoms with van der Waals surface area (Å²) in [5.74, 6) is 0.355. The van der Waals surface area contributed by atoms with Gasteiger partial charge < -0.3 is 15.1 Å². The molecular formula is C22H28N4O4S. The third kappa shape index (κ3) is 5.05. The number of hydrogen-bond donors (Lipinski definition) is 2. The number of nitrogens with one attached hydrogen (secondary N) is 2. The Morgan fingerprint density at radius 2 is 1.81 bits per heavy atom. The fourth-order valence-corrected chi connectivity index (χ4v) is 3.80. The molecule has 2 N–H and O–H groups in total. The van der Waals surface area contributed by atoms with Crippen LogP contribution in [0.4, 0.5) is 11.4 Å². The quantitative estimate of drug-likeness (QED) is 0.599. The van der Waals surface area contributed by atoms with Crippen LogP contribution < -0.4 is 10.6 Å². The Hall–Kier alpha value is -2.91. The van der Waals surface area contributed by atoms with Gasteiger partial charge in [0, 0.05) is 30.9 Å². The highest BCUT2D eigenvalue weighted by Crippen LogP contribution is 2.27. The monoisotopic (exact) mass is 444 g/mol. The van der Waals surface area contributed by atoms with E-state index >= 15 is 0 Å². The number of carbonyl (C=O) groups excluding carboxylic acids is 1. The van der Waals surface area contributed by atoms with E-state index in [0.29, 0.717) is 22.7 Å². The average molecular weight is 445 g/mol. The van der Waals surface area contributed by atoms with Gasteiger partial charge in [0.15, 0.2) is 5.58 Å². The van der Waals surface area contributed by atoms with E-state index in [1.165, 1.54) is 26.2 Å². The normalized spacial score (nSPS) is 13.4. The highest BCUT2D eigenvalue weighted by Gasteiger charge is 2.22. The second-order valence-corrected chi connectivity index (χ2v) is 10.8. The first-order chi connectivity index (χ1) is 14.4. The Balaban J connectivity index is 1.72. The molecule has 1 aromatic heterocycles. The van der Waals surface area contributed by atoms with Gasteiger partial charge in [-0.25, -0.2) is 17.7 Å². The molecule has 0 aliphatic rings. The van der Waals surface area contributed by atoms with E-state index in [-0.39, 0.29) is 16.2 Å². The van der Waals surface area contributed by atoms with Crippen molar-refractivity contribution in [1.82, 2.24) is 9.29 Å². The van der Waals surface area contributed by atoms with Crippen LogP contribution in [0.15, 0.2) is 51.8 Å². The van der Waals surface area contributed by atoms with Gasteiger partial charge in [0.1, 0.15) is 11.6 Å². The molecule has 1 heterocycles. The smallest absolute Gasteiger partial charge is 0.246 e. The lowest BCUT2D eigenvalue weighted by molar-refractivity contribution is -0.116. The largest absolute Gasteiger partial charge is 0.440 e. The van der Waals surface area contributed by atoms with Crippen LogP contribution in [0.1, 0.15) is 33.6 Å². The zero-order valence-corrected chi connectivity index (χ0v) is 19.4. The van der Waals surface area contributed by atoms with E-state index in [0.717, 1.165) is 9.99 Å². The third-order valence-electron chi connectivity index (χ3n) is 4.69. The van der Waals surface area contributed by atoms with Crippen LogP contribution in [-0.2, 0) is 20.2 Å². The summed E-state index contributed by atoms with van der Waals surface area (Å²) in [6, 6.07) is 11.1. The number of oxazole rings is 1. The van der Waals surface area contributed by atoms with Crippen molar-refractivity contribution >= 4 is 38.4 Å². The molecular weight excluding hydrogens is 416 g/mol. The number of benzene rings is 2. The van der Waals surface area contributed by atoms with Crippen LogP contribution in [0, 0.1) is 0 Å². The summed E-state index contributed by atoms with van der Waals surface area (Å²) < 4.78 is 31.5. The van der Waals surface area contributed by atoms with Crippen LogP contribution in [0.2, 0.25) is 0 Å². The van der Waals surface area contributed by atoms with Crippen molar-refractivity contribution in [2.75, 3.05) is 24.7 Å². The van der Waals surface area contributed by atoms with E-state index < -0.39 is 16.1 Å². The zero-order valence-electron chi connectivity index (χ0n) is 18.6. The minimum Gasteiger partial charge on any atom is -0.440 e. The Kier molecular flexibility index (Phi) is 6.11. The van der Waals surface area contributed by atoms with E-state index in [4.69, 9.17) is 4.42 Å². The van der Waals surface area contributed by atoms with E-state index in [2.05, 4.69) is 15.6 Å². The first-order valence-corrected chi connectivity index (χ1v) is 11.3. The molecule has 0 radical (unpaired) electrons. The van der Waals surface area contributed by atoms with Gasteiger partial charge in [-0.05, 0) is 43.3 Å². The molecule has 0 bridgehead atoms. The van der Waals surface area contributed by atoms with Crippen molar-refractivity contribution in [2.45, 2.75) is 44.0 Å². The number of nitrogens with zero attached hydrogens (tertiary/aromatic N) is 2. The number of hydrogen-bond acceptors (Lipinski definition) is 6. The molecule has 3 aromatic rings. The van der Waals surface area contributed by atoms with Crippen LogP contribution in [0.3, 0.4) is 0 Å². The molecule has 0 fully saturated rings. The number of sulfonamides is 1. The fourth-order valence-electron chi connectivity index (χ4n) is 2.85. The second-order valence-electron chi connectivity index (χ2n) is 8.62. The maximum atomic E-state index is 12.6. The number of anilines is 2. The predicted octanol–water partition coefficient (Wildman–Crippen LogP) is 3.81. The molecule has 0 saturated heterocycles. The number of rotatable bonds is 6. The van der Waals surface area contributed by atoms with Gasteiger partial charge in [0.2, 0.25) is 21.8 Å². The fraction of sp³-hybridized carbons (Fsp3) is 0.364. The number of carbonyl (C=O) groups is 1. The first-order valence-electron chi connectivity index (χ1n) is 9.89. The molecule has 0 spiro atoms. The van der Waals surface area contributed by atoms with Gasteiger partial charge >= 0.3 is 0 Å². The minimum atomic E-state index is -3.58. The van der Waals surface area contributed by atoms with E-state index in [9.17, 15) is 13.2 Å². The van der Waals surface area contributed by atoms with Gasteiger partial charge in [0.05, 0.1) is 4.90 Å². The topological polar surface area (TPSA) is 105 Å². The second kappa shape index (κ2) is 8.32. The Morgan fingerprint density at radius 3 is 2.45 bits per heavy atom. The molecule has 3 rings (SSSR count). The number of fused-ring (bicyclic) bond motifs is 1. The zero-order chi connectivity index (χ0) is 23.0. The maximum Gasteiger partial charge on any atom is 0.246 e. The van der Waals surface area contributed by atoms with E-state index in [1.54, 1.807) is 19.1 Å². The molecule has 0 aliphatic carbocycles. The molecule has 166 valence electrons. The molecule has 1 unspecified atom stereocenters. The van der Waals surface area contributed by atoms with Crippen LogP contribution >= 0.6 is 0 Å². The van der Waals surface area contributed by atoms with Gasteiger partial charge in [-0.3, -0.25) is 4.79 Å².